The molecule has 0 fully saturated rings. The molecule has 1 atom stereocenters. The Bertz CT molecular complexity index is 1070. The van der Waals surface area contributed by atoms with Crippen molar-refractivity contribution in [2.75, 3.05) is 11.9 Å². The molecule has 0 spiro atoms. The molecule has 0 aliphatic carbocycles. The fourth-order valence-corrected chi connectivity index (χ4v) is 3.54. The average Bonchev–Trinajstić information content (AvgIpc) is 2.85. The van der Waals surface area contributed by atoms with E-state index < -0.39 is 23.3 Å². The fourth-order valence-electron chi connectivity index (χ4n) is 3.54. The van der Waals surface area contributed by atoms with E-state index in [1.165, 1.54) is 6.07 Å². The van der Waals surface area contributed by atoms with E-state index in [1.54, 1.807) is 23.7 Å². The Morgan fingerprint density at radius 3 is 2.03 bits per heavy atom. The van der Waals surface area contributed by atoms with Crippen LogP contribution in [0.4, 0.5) is 5.69 Å². The zero-order valence-corrected chi connectivity index (χ0v) is 19.4. The second kappa shape index (κ2) is 12.1. The maximum atomic E-state index is 13.4. The lowest BCUT2D eigenvalue weighted by Gasteiger charge is -2.33. The van der Waals surface area contributed by atoms with E-state index in [1.807, 2.05) is 74.5 Å². The van der Waals surface area contributed by atoms with Crippen molar-refractivity contribution in [3.05, 3.63) is 102 Å². The van der Waals surface area contributed by atoms with E-state index in [0.29, 0.717) is 6.61 Å². The van der Waals surface area contributed by atoms with Gasteiger partial charge in [0.25, 0.3) is 11.8 Å². The highest BCUT2D eigenvalue weighted by molar-refractivity contribution is 6.04. The van der Waals surface area contributed by atoms with Crippen LogP contribution in [0.25, 0.3) is 0 Å². The van der Waals surface area contributed by atoms with Crippen molar-refractivity contribution < 1.29 is 24.3 Å². The van der Waals surface area contributed by atoms with Gasteiger partial charge in [0.05, 0.1) is 31.1 Å². The Kier molecular flexibility index (Phi) is 8.93. The predicted octanol–water partition coefficient (Wildman–Crippen LogP) is 4.57. The molecule has 7 heteroatoms. The predicted molar refractivity (Wildman–Crippen MR) is 129 cm³/mol. The first-order valence-electron chi connectivity index (χ1n) is 11.0. The number of para-hydroxylation sites is 1. The smallest absolute Gasteiger partial charge is 0.276 e. The van der Waals surface area contributed by atoms with Crippen LogP contribution in [0.3, 0.4) is 0 Å². The summed E-state index contributed by atoms with van der Waals surface area (Å²) in [6, 6.07) is 25.8. The first-order valence-corrected chi connectivity index (χ1v) is 11.0. The molecule has 0 bridgehead atoms. The zero-order valence-electron chi connectivity index (χ0n) is 19.4. The van der Waals surface area contributed by atoms with Gasteiger partial charge in [-0.05, 0) is 23.3 Å². The Labute approximate surface area is 199 Å². The zero-order chi connectivity index (χ0) is 24.4. The minimum atomic E-state index is -0.881. The van der Waals surface area contributed by atoms with Crippen molar-refractivity contribution in [3.8, 4) is 0 Å². The summed E-state index contributed by atoms with van der Waals surface area (Å²) in [6.07, 6.45) is -0.881. The summed E-state index contributed by atoms with van der Waals surface area (Å²) in [5.74, 6) is -1.13. The van der Waals surface area contributed by atoms with Gasteiger partial charge in [0, 0.05) is 5.41 Å². The van der Waals surface area contributed by atoms with Gasteiger partial charge in [-0.25, -0.2) is 5.48 Å². The number of hydroxylamine groups is 1. The summed E-state index contributed by atoms with van der Waals surface area (Å²) >= 11 is 0. The largest absolute Gasteiger partial charge is 0.376 e. The first kappa shape index (κ1) is 25.1. The highest BCUT2D eigenvalue weighted by atomic mass is 16.5. The second-order valence-electron chi connectivity index (χ2n) is 8.62. The quantitative estimate of drug-likeness (QED) is 0.286. The summed E-state index contributed by atoms with van der Waals surface area (Å²) in [5.41, 5.74) is 3.29. The molecule has 2 amide bonds. The lowest BCUT2D eigenvalue weighted by Crippen LogP contribution is -2.45. The fraction of sp³-hybridized carbons (Fsp3) is 0.259. The van der Waals surface area contributed by atoms with Gasteiger partial charge in [-0.2, -0.15) is 0 Å². The molecular formula is C27H30N2O5. The normalized spacial score (nSPS) is 12.1. The molecule has 7 nitrogen and oxygen atoms in total. The molecule has 0 saturated heterocycles. The number of nitrogens with one attached hydrogen (secondary N) is 2. The van der Waals surface area contributed by atoms with Crippen molar-refractivity contribution in [1.29, 1.82) is 0 Å². The van der Waals surface area contributed by atoms with E-state index in [4.69, 9.17) is 14.7 Å². The third-order valence-corrected chi connectivity index (χ3v) is 5.32. The second-order valence-corrected chi connectivity index (χ2v) is 8.62. The molecule has 3 N–H and O–H groups in total. The van der Waals surface area contributed by atoms with Crippen LogP contribution in [-0.4, -0.2) is 29.7 Å². The SMILES string of the molecule is CC(C)(COCc1ccccc1)C(OCc1ccccc1)C(=O)Nc1ccccc1C(=O)NO. The Morgan fingerprint density at radius 2 is 1.41 bits per heavy atom. The minimum absolute atomic E-state index is 0.137. The van der Waals surface area contributed by atoms with E-state index >= 15 is 0 Å². The highest BCUT2D eigenvalue weighted by Crippen LogP contribution is 2.28. The monoisotopic (exact) mass is 462 g/mol. The number of ether oxygens (including phenoxy) is 2. The van der Waals surface area contributed by atoms with Gasteiger partial charge in [0.15, 0.2) is 0 Å². The molecule has 0 saturated carbocycles. The molecule has 3 rings (SSSR count). The Hall–Kier alpha value is -3.52. The van der Waals surface area contributed by atoms with E-state index in [2.05, 4.69) is 5.32 Å². The molecule has 178 valence electrons. The summed E-state index contributed by atoms with van der Waals surface area (Å²) in [5, 5.41) is 11.8. The van der Waals surface area contributed by atoms with Crippen molar-refractivity contribution in [2.45, 2.75) is 33.2 Å². The molecule has 0 aromatic heterocycles. The first-order chi connectivity index (χ1) is 16.4. The van der Waals surface area contributed by atoms with Crippen molar-refractivity contribution in [1.82, 2.24) is 5.48 Å². The number of carbonyl (C=O) groups is 2. The van der Waals surface area contributed by atoms with Gasteiger partial charge in [-0.15, -0.1) is 0 Å². The van der Waals surface area contributed by atoms with Gasteiger partial charge >= 0.3 is 0 Å². The Balaban J connectivity index is 1.76. The van der Waals surface area contributed by atoms with Crippen LogP contribution in [0.1, 0.15) is 35.3 Å². The molecule has 1 unspecified atom stereocenters. The van der Waals surface area contributed by atoms with Gasteiger partial charge in [-0.3, -0.25) is 14.8 Å². The average molecular weight is 463 g/mol. The topological polar surface area (TPSA) is 96.9 Å². The summed E-state index contributed by atoms with van der Waals surface area (Å²) in [4.78, 5) is 25.4. The summed E-state index contributed by atoms with van der Waals surface area (Å²) in [6.45, 7) is 4.73. The van der Waals surface area contributed by atoms with Gasteiger partial charge in [0.1, 0.15) is 6.10 Å². The minimum Gasteiger partial charge on any atom is -0.376 e. The van der Waals surface area contributed by atoms with E-state index in [9.17, 15) is 9.59 Å². The Morgan fingerprint density at radius 1 is 0.853 bits per heavy atom. The van der Waals surface area contributed by atoms with Crippen LogP contribution >= 0.6 is 0 Å². The van der Waals surface area contributed by atoms with Crippen LogP contribution in [-0.2, 0) is 27.5 Å². The van der Waals surface area contributed by atoms with Crippen LogP contribution in [0, 0.1) is 5.41 Å². The molecular weight excluding hydrogens is 432 g/mol. The number of carbonyl (C=O) groups excluding carboxylic acids is 2. The van der Waals surface area contributed by atoms with Crippen molar-refractivity contribution in [3.63, 3.8) is 0 Å². The van der Waals surface area contributed by atoms with Crippen molar-refractivity contribution in [2.24, 2.45) is 5.41 Å². The number of hydrogen-bond acceptors (Lipinski definition) is 5. The molecule has 3 aromatic carbocycles. The molecule has 0 heterocycles. The molecule has 0 aliphatic heterocycles. The standard InChI is InChI=1S/C27H30N2O5/c1-27(2,19-33-17-20-11-5-3-6-12-20)24(34-18-21-13-7-4-8-14-21)26(31)28-23-16-10-9-15-22(23)25(30)29-32/h3-16,24,32H,17-19H2,1-2H3,(H,28,31)(H,29,30). The summed E-state index contributed by atoms with van der Waals surface area (Å²) in [7, 11) is 0. The third-order valence-electron chi connectivity index (χ3n) is 5.32. The third kappa shape index (κ3) is 6.99. The number of benzene rings is 3. The lowest BCUT2D eigenvalue weighted by molar-refractivity contribution is -0.141. The van der Waals surface area contributed by atoms with Crippen LogP contribution in [0.5, 0.6) is 0 Å². The van der Waals surface area contributed by atoms with Crippen molar-refractivity contribution >= 4 is 17.5 Å². The van der Waals surface area contributed by atoms with Crippen LogP contribution < -0.4 is 10.8 Å². The van der Waals surface area contributed by atoms with Gasteiger partial charge in [-0.1, -0.05) is 86.6 Å². The maximum Gasteiger partial charge on any atom is 0.276 e. The van der Waals surface area contributed by atoms with Gasteiger partial charge < -0.3 is 14.8 Å². The highest BCUT2D eigenvalue weighted by Gasteiger charge is 2.37. The van der Waals surface area contributed by atoms with Crippen LogP contribution in [0.2, 0.25) is 0 Å². The molecule has 0 radical (unpaired) electrons. The maximum absolute atomic E-state index is 13.4. The van der Waals surface area contributed by atoms with E-state index in [-0.39, 0.29) is 24.5 Å². The number of amides is 2. The summed E-state index contributed by atoms with van der Waals surface area (Å²) < 4.78 is 12.1. The molecule has 0 aliphatic rings. The van der Waals surface area contributed by atoms with Crippen LogP contribution in [0.15, 0.2) is 84.9 Å². The number of hydrogen-bond donors (Lipinski definition) is 3. The van der Waals surface area contributed by atoms with Gasteiger partial charge in [0.2, 0.25) is 0 Å². The molecule has 3 aromatic rings. The lowest BCUT2D eigenvalue weighted by atomic mass is 9.86. The number of rotatable bonds is 11. The molecule has 34 heavy (non-hydrogen) atoms. The van der Waals surface area contributed by atoms with E-state index in [0.717, 1.165) is 11.1 Å². The number of anilines is 1.